The zero-order valence-electron chi connectivity index (χ0n) is 16.2. The molecular formula is C24H18Br2FNO2. The van der Waals surface area contributed by atoms with Crippen molar-refractivity contribution < 1.29 is 13.9 Å². The summed E-state index contributed by atoms with van der Waals surface area (Å²) in [5.74, 6) is 0.376. The maximum Gasteiger partial charge on any atom is 0.258 e. The van der Waals surface area contributed by atoms with Crippen LogP contribution in [0.1, 0.15) is 23.6 Å². The lowest BCUT2D eigenvalue weighted by Gasteiger charge is -2.13. The van der Waals surface area contributed by atoms with E-state index in [9.17, 15) is 9.18 Å². The standard InChI is InChI=1S/C24H18Br2FNO2/c1-2-28-22-6-4-3-5-18(22)19(24(28)29)11-16-12-20(25)23(21(26)13-16)30-14-15-7-9-17(27)10-8-15/h3-13H,2,14H2,1H3/b19-11-. The predicted molar refractivity (Wildman–Crippen MR) is 125 cm³/mol. The van der Waals surface area contributed by atoms with Crippen LogP contribution in [-0.2, 0) is 11.4 Å². The number of halogens is 3. The van der Waals surface area contributed by atoms with Crippen molar-refractivity contribution in [1.29, 1.82) is 0 Å². The van der Waals surface area contributed by atoms with Crippen LogP contribution < -0.4 is 9.64 Å². The van der Waals surface area contributed by atoms with E-state index >= 15 is 0 Å². The zero-order valence-corrected chi connectivity index (χ0v) is 19.3. The normalized spacial score (nSPS) is 14.3. The Kier molecular flexibility index (Phi) is 6.06. The molecule has 0 N–H and O–H groups in total. The molecular weight excluding hydrogens is 513 g/mol. The van der Waals surface area contributed by atoms with Gasteiger partial charge in [-0.2, -0.15) is 0 Å². The Balaban J connectivity index is 1.62. The molecule has 3 aromatic rings. The molecule has 0 aromatic heterocycles. The van der Waals surface area contributed by atoms with E-state index < -0.39 is 0 Å². The van der Waals surface area contributed by atoms with E-state index in [4.69, 9.17) is 4.74 Å². The van der Waals surface area contributed by atoms with E-state index in [-0.39, 0.29) is 11.7 Å². The summed E-state index contributed by atoms with van der Waals surface area (Å²) in [7, 11) is 0. The SMILES string of the molecule is CCN1C(=O)/C(=C\c2cc(Br)c(OCc3ccc(F)cc3)c(Br)c2)c2ccccc21. The van der Waals surface area contributed by atoms with Gasteiger partial charge in [-0.15, -0.1) is 0 Å². The van der Waals surface area contributed by atoms with Gasteiger partial charge in [-0.3, -0.25) is 4.79 Å². The summed E-state index contributed by atoms with van der Waals surface area (Å²) < 4.78 is 20.5. The number of fused-ring (bicyclic) bond motifs is 1. The fraction of sp³-hybridized carbons (Fsp3) is 0.125. The van der Waals surface area contributed by atoms with Gasteiger partial charge in [0, 0.05) is 17.7 Å². The van der Waals surface area contributed by atoms with Gasteiger partial charge in [0.25, 0.3) is 5.91 Å². The molecule has 0 saturated heterocycles. The highest BCUT2D eigenvalue weighted by molar-refractivity contribution is 9.11. The van der Waals surface area contributed by atoms with Gasteiger partial charge in [0.15, 0.2) is 0 Å². The van der Waals surface area contributed by atoms with Crippen LogP contribution in [0.5, 0.6) is 5.75 Å². The van der Waals surface area contributed by atoms with Crippen LogP contribution in [0, 0.1) is 5.82 Å². The molecule has 0 aliphatic carbocycles. The van der Waals surface area contributed by atoms with Gasteiger partial charge in [0.1, 0.15) is 18.2 Å². The third kappa shape index (κ3) is 4.07. The Morgan fingerprint density at radius 3 is 2.37 bits per heavy atom. The number of carbonyl (C=O) groups is 1. The maximum atomic E-state index is 13.1. The minimum atomic E-state index is -0.275. The number of rotatable bonds is 5. The molecule has 0 radical (unpaired) electrons. The van der Waals surface area contributed by atoms with Crippen molar-refractivity contribution in [1.82, 2.24) is 0 Å². The molecule has 0 atom stereocenters. The lowest BCUT2D eigenvalue weighted by molar-refractivity contribution is -0.112. The number of likely N-dealkylation sites (N-methyl/N-ethyl adjacent to an activating group) is 1. The smallest absolute Gasteiger partial charge is 0.258 e. The van der Waals surface area contributed by atoms with Crippen LogP contribution in [0.2, 0.25) is 0 Å². The van der Waals surface area contributed by atoms with Gasteiger partial charge in [-0.25, -0.2) is 4.39 Å². The van der Waals surface area contributed by atoms with Crippen molar-refractivity contribution in [2.45, 2.75) is 13.5 Å². The first-order valence-electron chi connectivity index (χ1n) is 9.47. The van der Waals surface area contributed by atoms with Crippen LogP contribution in [0.25, 0.3) is 11.6 Å². The van der Waals surface area contributed by atoms with E-state index in [2.05, 4.69) is 31.9 Å². The van der Waals surface area contributed by atoms with Crippen molar-refractivity contribution >= 4 is 55.1 Å². The number of para-hydroxylation sites is 1. The summed E-state index contributed by atoms with van der Waals surface area (Å²) in [6.07, 6.45) is 1.90. The summed E-state index contributed by atoms with van der Waals surface area (Å²) >= 11 is 7.13. The van der Waals surface area contributed by atoms with Gasteiger partial charge >= 0.3 is 0 Å². The highest BCUT2D eigenvalue weighted by Gasteiger charge is 2.30. The number of carbonyl (C=O) groups excluding carboxylic acids is 1. The van der Waals surface area contributed by atoms with Gasteiger partial charge in [0.05, 0.1) is 14.6 Å². The minimum Gasteiger partial charge on any atom is -0.487 e. The lowest BCUT2D eigenvalue weighted by atomic mass is 10.0. The number of hydrogen-bond donors (Lipinski definition) is 0. The quantitative estimate of drug-likeness (QED) is 0.338. The topological polar surface area (TPSA) is 29.5 Å². The Morgan fingerprint density at radius 2 is 1.70 bits per heavy atom. The second-order valence-corrected chi connectivity index (χ2v) is 8.56. The average molecular weight is 531 g/mol. The van der Waals surface area contributed by atoms with Crippen LogP contribution in [0.3, 0.4) is 0 Å². The molecule has 3 nitrogen and oxygen atoms in total. The molecule has 0 saturated carbocycles. The van der Waals surface area contributed by atoms with Crippen LogP contribution in [-0.4, -0.2) is 12.5 Å². The molecule has 0 bridgehead atoms. The Labute approximate surface area is 191 Å². The summed E-state index contributed by atoms with van der Waals surface area (Å²) in [6.45, 7) is 2.91. The van der Waals surface area contributed by atoms with Gasteiger partial charge in [-0.05, 0) is 86.3 Å². The highest BCUT2D eigenvalue weighted by Crippen LogP contribution is 2.40. The van der Waals surface area contributed by atoms with Gasteiger partial charge in [0.2, 0.25) is 0 Å². The summed E-state index contributed by atoms with van der Waals surface area (Å²) in [5, 5.41) is 0. The molecule has 1 aliphatic rings. The number of ether oxygens (including phenoxy) is 1. The largest absolute Gasteiger partial charge is 0.487 e. The molecule has 0 fully saturated rings. The Morgan fingerprint density at radius 1 is 1.03 bits per heavy atom. The molecule has 152 valence electrons. The molecule has 0 spiro atoms. The lowest BCUT2D eigenvalue weighted by Crippen LogP contribution is -2.25. The molecule has 4 rings (SSSR count). The molecule has 1 amide bonds. The van der Waals surface area contributed by atoms with Gasteiger partial charge < -0.3 is 9.64 Å². The first-order chi connectivity index (χ1) is 14.5. The Bertz CT molecular complexity index is 1120. The molecule has 3 aromatic carbocycles. The summed E-state index contributed by atoms with van der Waals surface area (Å²) in [6, 6.07) is 17.9. The van der Waals surface area contributed by atoms with E-state index in [1.807, 2.05) is 49.4 Å². The van der Waals surface area contributed by atoms with Crippen LogP contribution in [0.15, 0.2) is 69.6 Å². The molecule has 30 heavy (non-hydrogen) atoms. The maximum absolute atomic E-state index is 13.1. The van der Waals surface area contributed by atoms with Crippen molar-refractivity contribution in [3.63, 3.8) is 0 Å². The van der Waals surface area contributed by atoms with Crippen LogP contribution in [0.4, 0.5) is 10.1 Å². The molecule has 1 heterocycles. The zero-order chi connectivity index (χ0) is 21.3. The van der Waals surface area contributed by atoms with E-state index in [0.29, 0.717) is 24.5 Å². The minimum absolute atomic E-state index is 0.00239. The monoisotopic (exact) mass is 529 g/mol. The van der Waals surface area contributed by atoms with E-state index in [1.54, 1.807) is 17.0 Å². The summed E-state index contributed by atoms with van der Waals surface area (Å²) in [5.41, 5.74) is 4.29. The molecule has 0 unspecified atom stereocenters. The average Bonchev–Trinajstić information content (AvgIpc) is 3.00. The van der Waals surface area contributed by atoms with Crippen molar-refractivity contribution in [3.05, 3.63) is 92.1 Å². The second-order valence-electron chi connectivity index (χ2n) is 6.85. The Hall–Kier alpha value is -2.44. The number of anilines is 1. The molecule has 1 aliphatic heterocycles. The van der Waals surface area contributed by atoms with Crippen molar-refractivity contribution in [2.75, 3.05) is 11.4 Å². The highest BCUT2D eigenvalue weighted by atomic mass is 79.9. The predicted octanol–water partition coefficient (Wildman–Crippen LogP) is 6.84. The first-order valence-corrected chi connectivity index (χ1v) is 11.1. The first kappa shape index (κ1) is 20.8. The third-order valence-corrected chi connectivity index (χ3v) is 6.08. The fourth-order valence-corrected chi connectivity index (χ4v) is 4.91. The van der Waals surface area contributed by atoms with Crippen molar-refractivity contribution in [2.24, 2.45) is 0 Å². The summed E-state index contributed by atoms with van der Waals surface area (Å²) in [4.78, 5) is 14.7. The number of hydrogen-bond acceptors (Lipinski definition) is 2. The second kappa shape index (κ2) is 8.74. The number of amides is 1. The van der Waals surface area contributed by atoms with Gasteiger partial charge in [-0.1, -0.05) is 30.3 Å². The fourth-order valence-electron chi connectivity index (χ4n) is 3.46. The number of benzene rings is 3. The van der Waals surface area contributed by atoms with Crippen molar-refractivity contribution in [3.8, 4) is 5.75 Å². The third-order valence-electron chi connectivity index (χ3n) is 4.90. The van der Waals surface area contributed by atoms with Crippen LogP contribution >= 0.6 is 31.9 Å². The van der Waals surface area contributed by atoms with E-state index in [0.717, 1.165) is 31.3 Å². The number of nitrogens with zero attached hydrogens (tertiary/aromatic N) is 1. The molecule has 6 heteroatoms. The van der Waals surface area contributed by atoms with E-state index in [1.165, 1.54) is 12.1 Å².